The van der Waals surface area contributed by atoms with Crippen LogP contribution in [0.15, 0.2) is 29.3 Å². The monoisotopic (exact) mass is 417 g/mol. The molecule has 0 bridgehead atoms. The van der Waals surface area contributed by atoms with Crippen LogP contribution in [-0.4, -0.2) is 84.0 Å². The summed E-state index contributed by atoms with van der Waals surface area (Å²) in [5.74, 6) is 2.55. The van der Waals surface area contributed by atoms with Gasteiger partial charge in [-0.05, 0) is 56.8 Å². The van der Waals surface area contributed by atoms with E-state index in [2.05, 4.69) is 43.6 Å². The quantitative estimate of drug-likeness (QED) is 0.499. The van der Waals surface area contributed by atoms with Gasteiger partial charge >= 0.3 is 0 Å². The van der Waals surface area contributed by atoms with Gasteiger partial charge in [0.25, 0.3) is 0 Å². The molecule has 0 aliphatic carbocycles. The minimum Gasteiger partial charge on any atom is -0.497 e. The van der Waals surface area contributed by atoms with E-state index in [4.69, 9.17) is 9.47 Å². The summed E-state index contributed by atoms with van der Waals surface area (Å²) in [6.07, 6.45) is 4.81. The Hall–Kier alpha value is -1.99. The van der Waals surface area contributed by atoms with Gasteiger partial charge in [0.2, 0.25) is 0 Å². The van der Waals surface area contributed by atoms with Gasteiger partial charge in [0.15, 0.2) is 5.96 Å². The Balaban J connectivity index is 1.43. The molecule has 2 fully saturated rings. The lowest BCUT2D eigenvalue weighted by atomic mass is 9.97. The van der Waals surface area contributed by atoms with Gasteiger partial charge in [-0.1, -0.05) is 6.07 Å². The van der Waals surface area contributed by atoms with Crippen molar-refractivity contribution >= 4 is 11.6 Å². The van der Waals surface area contributed by atoms with Gasteiger partial charge in [-0.2, -0.15) is 0 Å². The van der Waals surface area contributed by atoms with Gasteiger partial charge in [0.05, 0.1) is 13.7 Å². The largest absolute Gasteiger partial charge is 0.497 e. The Labute approximate surface area is 181 Å². The minimum atomic E-state index is 0.395. The van der Waals surface area contributed by atoms with E-state index in [1.54, 1.807) is 14.2 Å². The highest BCUT2D eigenvalue weighted by Gasteiger charge is 2.22. The lowest BCUT2D eigenvalue weighted by Gasteiger charge is -2.36. The standard InChI is InChI=1S/C23H39N5O2/c1-24-23(25-17-19-9-12-27(13-10-19)14-15-29-2)26-20-6-5-11-28(18-20)21-7-4-8-22(16-21)30-3/h4,7-8,16,19-20H,5-6,9-15,17-18H2,1-3H3,(H2,24,25,26). The normalized spacial score (nSPS) is 21.5. The first-order valence-electron chi connectivity index (χ1n) is 11.3. The summed E-state index contributed by atoms with van der Waals surface area (Å²) in [7, 11) is 5.36. The average Bonchev–Trinajstić information content (AvgIpc) is 2.81. The van der Waals surface area contributed by atoms with Crippen molar-refractivity contribution in [1.82, 2.24) is 15.5 Å². The van der Waals surface area contributed by atoms with Crippen LogP contribution in [0.25, 0.3) is 0 Å². The number of aliphatic imine (C=N–C) groups is 1. The number of hydrogen-bond donors (Lipinski definition) is 2. The first-order chi connectivity index (χ1) is 14.7. The van der Waals surface area contributed by atoms with Crippen molar-refractivity contribution in [2.75, 3.05) is 72.0 Å². The number of rotatable bonds is 8. The summed E-state index contributed by atoms with van der Waals surface area (Å²) in [6, 6.07) is 8.74. The van der Waals surface area contributed by atoms with E-state index >= 15 is 0 Å². The number of anilines is 1. The number of nitrogens with one attached hydrogen (secondary N) is 2. The van der Waals surface area contributed by atoms with Gasteiger partial charge in [0.1, 0.15) is 5.75 Å². The Morgan fingerprint density at radius 1 is 1.17 bits per heavy atom. The fourth-order valence-electron chi connectivity index (χ4n) is 4.40. The topological polar surface area (TPSA) is 61.4 Å². The third-order valence-electron chi connectivity index (χ3n) is 6.28. The summed E-state index contributed by atoms with van der Waals surface area (Å²) in [6.45, 7) is 7.26. The number of methoxy groups -OCH3 is 2. The summed E-state index contributed by atoms with van der Waals surface area (Å²) in [4.78, 5) is 9.42. The average molecular weight is 418 g/mol. The van der Waals surface area contributed by atoms with Crippen LogP contribution in [-0.2, 0) is 4.74 Å². The lowest BCUT2D eigenvalue weighted by molar-refractivity contribution is 0.121. The van der Waals surface area contributed by atoms with E-state index in [1.807, 2.05) is 13.1 Å². The number of nitrogens with zero attached hydrogens (tertiary/aromatic N) is 3. The molecule has 0 radical (unpaired) electrons. The number of ether oxygens (including phenoxy) is 2. The van der Waals surface area contributed by atoms with E-state index < -0.39 is 0 Å². The highest BCUT2D eigenvalue weighted by atomic mass is 16.5. The maximum absolute atomic E-state index is 5.39. The molecule has 2 aliphatic heterocycles. The zero-order valence-electron chi connectivity index (χ0n) is 18.9. The van der Waals surface area contributed by atoms with Crippen LogP contribution in [0, 0.1) is 5.92 Å². The maximum Gasteiger partial charge on any atom is 0.191 e. The molecule has 0 saturated carbocycles. The molecule has 3 rings (SSSR count). The number of hydrogen-bond acceptors (Lipinski definition) is 5. The number of benzene rings is 1. The van der Waals surface area contributed by atoms with Gasteiger partial charge in [-0.25, -0.2) is 0 Å². The minimum absolute atomic E-state index is 0.395. The van der Waals surface area contributed by atoms with E-state index in [1.165, 1.54) is 44.5 Å². The fourth-order valence-corrected chi connectivity index (χ4v) is 4.40. The molecule has 2 saturated heterocycles. The molecule has 0 spiro atoms. The fraction of sp³-hybridized carbons (Fsp3) is 0.696. The lowest BCUT2D eigenvalue weighted by Crippen LogP contribution is -2.52. The molecule has 0 amide bonds. The molecule has 7 nitrogen and oxygen atoms in total. The maximum atomic E-state index is 5.39. The molecule has 1 aromatic rings. The van der Waals surface area contributed by atoms with Crippen molar-refractivity contribution in [3.63, 3.8) is 0 Å². The molecule has 2 aliphatic rings. The summed E-state index contributed by atoms with van der Waals surface area (Å²) >= 11 is 0. The third-order valence-corrected chi connectivity index (χ3v) is 6.28. The predicted molar refractivity (Wildman–Crippen MR) is 124 cm³/mol. The predicted octanol–water partition coefficient (Wildman–Crippen LogP) is 2.19. The van der Waals surface area contributed by atoms with E-state index in [9.17, 15) is 0 Å². The van der Waals surface area contributed by atoms with E-state index in [-0.39, 0.29) is 0 Å². The van der Waals surface area contributed by atoms with Gasteiger partial charge in [-0.3, -0.25) is 4.99 Å². The van der Waals surface area contributed by atoms with Crippen molar-refractivity contribution < 1.29 is 9.47 Å². The number of piperidine rings is 2. The van der Waals surface area contributed by atoms with Crippen LogP contribution in [0.5, 0.6) is 5.75 Å². The van der Waals surface area contributed by atoms with Crippen molar-refractivity contribution in [3.8, 4) is 5.75 Å². The highest BCUT2D eigenvalue weighted by molar-refractivity contribution is 5.80. The SMILES string of the molecule is CN=C(NCC1CCN(CCOC)CC1)NC1CCCN(c2cccc(OC)c2)C1. The molecular weight excluding hydrogens is 378 g/mol. The van der Waals surface area contributed by atoms with Crippen molar-refractivity contribution in [2.45, 2.75) is 31.7 Å². The molecule has 1 atom stereocenters. The molecule has 168 valence electrons. The van der Waals surface area contributed by atoms with Crippen molar-refractivity contribution in [2.24, 2.45) is 10.9 Å². The first-order valence-corrected chi connectivity index (χ1v) is 11.3. The second-order valence-electron chi connectivity index (χ2n) is 8.36. The van der Waals surface area contributed by atoms with E-state index in [0.717, 1.165) is 44.5 Å². The second-order valence-corrected chi connectivity index (χ2v) is 8.36. The third kappa shape index (κ3) is 6.77. The van der Waals surface area contributed by atoms with Crippen LogP contribution in [0.1, 0.15) is 25.7 Å². The van der Waals surface area contributed by atoms with Crippen LogP contribution in [0.4, 0.5) is 5.69 Å². The number of guanidine groups is 1. The molecular formula is C23H39N5O2. The molecule has 30 heavy (non-hydrogen) atoms. The Morgan fingerprint density at radius 2 is 2.00 bits per heavy atom. The summed E-state index contributed by atoms with van der Waals surface area (Å²) < 4.78 is 10.6. The zero-order valence-corrected chi connectivity index (χ0v) is 18.9. The Bertz CT molecular complexity index is 661. The van der Waals surface area contributed by atoms with Crippen molar-refractivity contribution in [1.29, 1.82) is 0 Å². The Morgan fingerprint density at radius 3 is 2.73 bits per heavy atom. The summed E-state index contributed by atoms with van der Waals surface area (Å²) in [5.41, 5.74) is 1.23. The molecule has 1 unspecified atom stereocenters. The Kier molecular flexibility index (Phi) is 9.08. The molecule has 2 heterocycles. The van der Waals surface area contributed by atoms with E-state index in [0.29, 0.717) is 12.0 Å². The molecule has 2 N–H and O–H groups in total. The van der Waals surface area contributed by atoms with Crippen LogP contribution < -0.4 is 20.3 Å². The zero-order chi connectivity index (χ0) is 21.2. The highest BCUT2D eigenvalue weighted by Crippen LogP contribution is 2.24. The van der Waals surface area contributed by atoms with Crippen molar-refractivity contribution in [3.05, 3.63) is 24.3 Å². The van der Waals surface area contributed by atoms with Crippen LogP contribution in [0.3, 0.4) is 0 Å². The van der Waals surface area contributed by atoms with Gasteiger partial charge < -0.3 is 29.9 Å². The first kappa shape index (κ1) is 22.7. The second kappa shape index (κ2) is 12.0. The van der Waals surface area contributed by atoms with Crippen LogP contribution >= 0.6 is 0 Å². The van der Waals surface area contributed by atoms with Gasteiger partial charge in [-0.15, -0.1) is 0 Å². The van der Waals surface area contributed by atoms with Gasteiger partial charge in [0, 0.05) is 58.1 Å². The summed E-state index contributed by atoms with van der Waals surface area (Å²) in [5, 5.41) is 7.22. The molecule has 1 aromatic carbocycles. The molecule has 7 heteroatoms. The number of likely N-dealkylation sites (tertiary alicyclic amines) is 1. The molecule has 0 aromatic heterocycles. The van der Waals surface area contributed by atoms with Crippen LogP contribution in [0.2, 0.25) is 0 Å². The smallest absolute Gasteiger partial charge is 0.191 e.